The van der Waals surface area contributed by atoms with Crippen LogP contribution in [0.15, 0.2) is 48.5 Å². The van der Waals surface area contributed by atoms with Gasteiger partial charge in [-0.1, -0.05) is 69.3 Å². The Morgan fingerprint density at radius 3 is 2.24 bits per heavy atom. The Labute approximate surface area is 200 Å². The maximum atomic E-state index is 12.5. The van der Waals surface area contributed by atoms with E-state index in [0.717, 1.165) is 11.1 Å². The summed E-state index contributed by atoms with van der Waals surface area (Å²) in [5.74, 6) is -1.05. The number of rotatable bonds is 8. The van der Waals surface area contributed by atoms with Crippen LogP contribution in [-0.4, -0.2) is 53.7 Å². The summed E-state index contributed by atoms with van der Waals surface area (Å²) in [4.78, 5) is 37.7. The molecule has 180 valence electrons. The Morgan fingerprint density at radius 1 is 1.09 bits per heavy atom. The van der Waals surface area contributed by atoms with Gasteiger partial charge in [-0.3, -0.25) is 4.79 Å². The third kappa shape index (κ3) is 4.65. The second kappa shape index (κ2) is 9.49. The highest BCUT2D eigenvalue weighted by molar-refractivity contribution is 5.86. The first-order valence-corrected chi connectivity index (χ1v) is 11.8. The molecular formula is C27H32N2O5. The van der Waals surface area contributed by atoms with E-state index in [1.807, 2.05) is 45.0 Å². The Morgan fingerprint density at radius 2 is 1.68 bits per heavy atom. The topological polar surface area (TPSA) is 95.9 Å². The monoisotopic (exact) mass is 464 g/mol. The Kier molecular flexibility index (Phi) is 6.64. The zero-order chi connectivity index (χ0) is 24.5. The van der Waals surface area contributed by atoms with Gasteiger partial charge in [-0.2, -0.15) is 0 Å². The molecule has 0 bridgehead atoms. The third-order valence-electron chi connectivity index (χ3n) is 6.97. The molecule has 2 N–H and O–H groups in total. The molecule has 7 nitrogen and oxygen atoms in total. The van der Waals surface area contributed by atoms with Crippen LogP contribution < -0.4 is 5.32 Å². The molecule has 4 rings (SSSR count). The van der Waals surface area contributed by atoms with Gasteiger partial charge in [-0.25, -0.2) is 9.59 Å². The van der Waals surface area contributed by atoms with Gasteiger partial charge in [-0.15, -0.1) is 0 Å². The largest absolute Gasteiger partial charge is 0.480 e. The van der Waals surface area contributed by atoms with Crippen molar-refractivity contribution in [3.8, 4) is 11.1 Å². The molecule has 2 amide bonds. The second-order valence-electron chi connectivity index (χ2n) is 10.1. The molecule has 2 aromatic carbocycles. The maximum Gasteiger partial charge on any atom is 0.407 e. The number of hydrogen-bond donors (Lipinski definition) is 2. The Bertz CT molecular complexity index is 1050. The predicted octanol–water partition coefficient (Wildman–Crippen LogP) is 4.26. The summed E-state index contributed by atoms with van der Waals surface area (Å²) in [5.41, 5.74) is 4.29. The van der Waals surface area contributed by atoms with Crippen molar-refractivity contribution < 1.29 is 24.2 Å². The molecule has 0 aromatic heterocycles. The number of fused-ring (bicyclic) bond motifs is 3. The summed E-state index contributed by atoms with van der Waals surface area (Å²) in [6, 6.07) is 15.6. The molecule has 1 saturated heterocycles. The van der Waals surface area contributed by atoms with Crippen molar-refractivity contribution in [2.24, 2.45) is 11.3 Å². The van der Waals surface area contributed by atoms with Crippen LogP contribution in [0.3, 0.4) is 0 Å². The summed E-state index contributed by atoms with van der Waals surface area (Å²) in [6.07, 6.45) is 0.342. The molecule has 7 heteroatoms. The highest BCUT2D eigenvalue weighted by Crippen LogP contribution is 2.44. The van der Waals surface area contributed by atoms with Gasteiger partial charge in [-0.05, 0) is 34.6 Å². The van der Waals surface area contributed by atoms with Crippen LogP contribution in [0.25, 0.3) is 11.1 Å². The summed E-state index contributed by atoms with van der Waals surface area (Å²) in [5, 5.41) is 12.2. The number of amides is 2. The van der Waals surface area contributed by atoms with Crippen molar-refractivity contribution in [2.45, 2.75) is 45.6 Å². The molecule has 2 unspecified atom stereocenters. The van der Waals surface area contributed by atoms with Crippen LogP contribution >= 0.6 is 0 Å². The zero-order valence-corrected chi connectivity index (χ0v) is 19.9. The molecule has 1 aliphatic carbocycles. The summed E-state index contributed by atoms with van der Waals surface area (Å²) < 4.78 is 5.55. The van der Waals surface area contributed by atoms with Gasteiger partial charge in [0.25, 0.3) is 0 Å². The first-order chi connectivity index (χ1) is 16.2. The number of nitrogens with one attached hydrogen (secondary N) is 1. The average molecular weight is 465 g/mol. The highest BCUT2D eigenvalue weighted by atomic mass is 16.5. The SMILES string of the molecule is CC(CCC(=O)N1CC(C)(C)C1C(=O)O)CNC(=O)OCC1c2ccccc2-c2ccccc21. The minimum absolute atomic E-state index is 0.0103. The van der Waals surface area contributed by atoms with E-state index in [4.69, 9.17) is 4.74 Å². The molecule has 34 heavy (non-hydrogen) atoms. The van der Waals surface area contributed by atoms with E-state index in [-0.39, 0.29) is 30.8 Å². The summed E-state index contributed by atoms with van der Waals surface area (Å²) in [7, 11) is 0. The third-order valence-corrected chi connectivity index (χ3v) is 6.97. The minimum Gasteiger partial charge on any atom is -0.480 e. The van der Waals surface area contributed by atoms with Crippen molar-refractivity contribution in [3.05, 3.63) is 59.7 Å². The number of nitrogens with zero attached hydrogens (tertiary/aromatic N) is 1. The predicted molar refractivity (Wildman–Crippen MR) is 128 cm³/mol. The number of likely N-dealkylation sites (tertiary alicyclic amines) is 1. The number of ether oxygens (including phenoxy) is 1. The standard InChI is InChI=1S/C27H32N2O5/c1-17(12-13-23(30)29-16-27(2,3)24(29)25(31)32)14-28-26(33)34-15-22-20-10-6-4-8-18(20)19-9-5-7-11-21(19)22/h4-11,17,22,24H,12-16H2,1-3H3,(H,28,33)(H,31,32). The molecule has 2 aliphatic rings. The molecule has 0 saturated carbocycles. The van der Waals surface area contributed by atoms with Crippen LogP contribution in [0.2, 0.25) is 0 Å². The number of hydrogen-bond acceptors (Lipinski definition) is 4. The molecule has 1 aliphatic heterocycles. The van der Waals surface area contributed by atoms with Crippen LogP contribution in [0.1, 0.15) is 50.7 Å². The lowest BCUT2D eigenvalue weighted by atomic mass is 9.74. The van der Waals surface area contributed by atoms with Crippen LogP contribution in [-0.2, 0) is 14.3 Å². The Hall–Kier alpha value is -3.35. The fourth-order valence-electron chi connectivity index (χ4n) is 5.15. The van der Waals surface area contributed by atoms with Gasteiger partial charge in [0.1, 0.15) is 12.6 Å². The first-order valence-electron chi connectivity index (χ1n) is 11.8. The molecule has 0 spiro atoms. The number of benzene rings is 2. The zero-order valence-electron chi connectivity index (χ0n) is 19.9. The number of carboxylic acid groups (broad SMARTS) is 1. The van der Waals surface area contributed by atoms with Gasteiger partial charge in [0, 0.05) is 30.8 Å². The van der Waals surface area contributed by atoms with Gasteiger partial charge in [0.15, 0.2) is 0 Å². The van der Waals surface area contributed by atoms with E-state index < -0.39 is 23.5 Å². The van der Waals surface area contributed by atoms with E-state index in [0.29, 0.717) is 19.5 Å². The molecule has 2 aromatic rings. The van der Waals surface area contributed by atoms with E-state index in [1.54, 1.807) is 0 Å². The lowest BCUT2D eigenvalue weighted by molar-refractivity contribution is -0.171. The molecule has 0 radical (unpaired) electrons. The summed E-state index contributed by atoms with van der Waals surface area (Å²) in [6.45, 7) is 6.76. The van der Waals surface area contributed by atoms with Gasteiger partial charge in [0.05, 0.1) is 0 Å². The van der Waals surface area contributed by atoms with Gasteiger partial charge >= 0.3 is 12.1 Å². The number of carbonyl (C=O) groups is 3. The molecular weight excluding hydrogens is 432 g/mol. The maximum absolute atomic E-state index is 12.5. The lowest BCUT2D eigenvalue weighted by Crippen LogP contribution is -2.67. The van der Waals surface area contributed by atoms with E-state index in [2.05, 4.69) is 29.6 Å². The van der Waals surface area contributed by atoms with Crippen LogP contribution in [0.5, 0.6) is 0 Å². The van der Waals surface area contributed by atoms with Crippen molar-refractivity contribution in [2.75, 3.05) is 19.7 Å². The smallest absolute Gasteiger partial charge is 0.407 e. The van der Waals surface area contributed by atoms with Crippen molar-refractivity contribution in [1.29, 1.82) is 0 Å². The van der Waals surface area contributed by atoms with E-state index in [1.165, 1.54) is 16.0 Å². The first kappa shape index (κ1) is 23.8. The summed E-state index contributed by atoms with van der Waals surface area (Å²) >= 11 is 0. The van der Waals surface area contributed by atoms with Crippen LogP contribution in [0.4, 0.5) is 4.79 Å². The lowest BCUT2D eigenvalue weighted by Gasteiger charge is -2.51. The number of carbonyl (C=O) groups excluding carboxylic acids is 2. The van der Waals surface area contributed by atoms with E-state index >= 15 is 0 Å². The fourth-order valence-corrected chi connectivity index (χ4v) is 5.15. The number of alkyl carbamates (subject to hydrolysis) is 1. The normalized spacial score (nSPS) is 18.9. The molecule has 1 heterocycles. The van der Waals surface area contributed by atoms with Gasteiger partial charge in [0.2, 0.25) is 5.91 Å². The second-order valence-corrected chi connectivity index (χ2v) is 10.1. The molecule has 2 atom stereocenters. The molecule has 1 fully saturated rings. The van der Waals surface area contributed by atoms with Gasteiger partial charge < -0.3 is 20.1 Å². The average Bonchev–Trinajstić information content (AvgIpc) is 3.11. The van der Waals surface area contributed by atoms with E-state index in [9.17, 15) is 19.5 Å². The quantitative estimate of drug-likeness (QED) is 0.609. The Balaban J connectivity index is 1.22. The van der Waals surface area contributed by atoms with Crippen molar-refractivity contribution >= 4 is 18.0 Å². The van der Waals surface area contributed by atoms with Crippen molar-refractivity contribution in [3.63, 3.8) is 0 Å². The fraction of sp³-hybridized carbons (Fsp3) is 0.444. The number of aliphatic carboxylic acids is 1. The minimum atomic E-state index is -0.963. The van der Waals surface area contributed by atoms with Crippen molar-refractivity contribution in [1.82, 2.24) is 10.2 Å². The van der Waals surface area contributed by atoms with Crippen LogP contribution in [0, 0.1) is 11.3 Å². The highest BCUT2D eigenvalue weighted by Gasteiger charge is 2.52. The number of carboxylic acids is 1.